The van der Waals surface area contributed by atoms with E-state index in [0.29, 0.717) is 17.8 Å². The summed E-state index contributed by atoms with van der Waals surface area (Å²) in [6.45, 7) is 0. The number of carbonyl (C=O) groups excluding carboxylic acids is 1. The minimum Gasteiger partial charge on any atom is -0.480 e. The lowest BCUT2D eigenvalue weighted by Crippen LogP contribution is -2.43. The number of hydrogen-bond acceptors (Lipinski definition) is 4. The van der Waals surface area contributed by atoms with Gasteiger partial charge in [0.25, 0.3) is 5.91 Å². The SMILES string of the molecule is Nc1ccc(C(=O)N2c3ccccc3C[C@H]2C(=O)O)nc1. The lowest BCUT2D eigenvalue weighted by molar-refractivity contribution is -0.138. The van der Waals surface area contributed by atoms with Crippen LogP contribution in [0.5, 0.6) is 0 Å². The van der Waals surface area contributed by atoms with E-state index in [1.807, 2.05) is 12.1 Å². The normalized spacial score (nSPS) is 16.6. The number of aliphatic carboxylic acids is 1. The molecule has 3 N–H and O–H groups in total. The number of carboxylic acids is 1. The van der Waals surface area contributed by atoms with Gasteiger partial charge in [0.2, 0.25) is 0 Å². The first-order valence-electron chi connectivity index (χ1n) is 6.43. The molecule has 1 aromatic carbocycles. The average molecular weight is 283 g/mol. The Kier molecular flexibility index (Phi) is 3.06. The summed E-state index contributed by atoms with van der Waals surface area (Å²) < 4.78 is 0. The minimum atomic E-state index is -1.03. The Hall–Kier alpha value is -2.89. The highest BCUT2D eigenvalue weighted by Crippen LogP contribution is 2.33. The minimum absolute atomic E-state index is 0.173. The van der Waals surface area contributed by atoms with Crippen LogP contribution in [0.25, 0.3) is 0 Å². The standard InChI is InChI=1S/C15H13N3O3/c16-10-5-6-11(17-8-10)14(19)18-12-4-2-1-3-9(12)7-13(18)15(20)21/h1-6,8,13H,7,16H2,(H,20,21)/t13-/m0/s1. The van der Waals surface area contributed by atoms with Crippen LogP contribution in [0.3, 0.4) is 0 Å². The number of nitrogens with two attached hydrogens (primary N) is 1. The summed E-state index contributed by atoms with van der Waals surface area (Å²) in [4.78, 5) is 29.3. The molecule has 1 atom stereocenters. The van der Waals surface area contributed by atoms with E-state index in [0.717, 1.165) is 5.56 Å². The average Bonchev–Trinajstić information content (AvgIpc) is 2.87. The van der Waals surface area contributed by atoms with Crippen LogP contribution in [-0.2, 0) is 11.2 Å². The number of aromatic nitrogens is 1. The van der Waals surface area contributed by atoms with Crippen molar-refractivity contribution in [2.24, 2.45) is 0 Å². The van der Waals surface area contributed by atoms with Crippen LogP contribution in [0, 0.1) is 0 Å². The van der Waals surface area contributed by atoms with Crippen molar-refractivity contribution in [2.45, 2.75) is 12.5 Å². The van der Waals surface area contributed by atoms with Gasteiger partial charge >= 0.3 is 5.97 Å². The number of carboxylic acid groups (broad SMARTS) is 1. The van der Waals surface area contributed by atoms with Crippen LogP contribution in [0.2, 0.25) is 0 Å². The van der Waals surface area contributed by atoms with Crippen LogP contribution in [-0.4, -0.2) is 28.0 Å². The summed E-state index contributed by atoms with van der Waals surface area (Å²) in [5, 5.41) is 9.36. The van der Waals surface area contributed by atoms with Gasteiger partial charge < -0.3 is 10.8 Å². The molecule has 1 aliphatic heterocycles. The van der Waals surface area contributed by atoms with Crippen molar-refractivity contribution in [3.63, 3.8) is 0 Å². The fraction of sp³-hybridized carbons (Fsp3) is 0.133. The number of pyridine rings is 1. The molecule has 0 radical (unpaired) electrons. The summed E-state index contributed by atoms with van der Waals surface area (Å²) in [5.74, 6) is -1.47. The number of anilines is 2. The highest BCUT2D eigenvalue weighted by Gasteiger charge is 2.38. The third-order valence-electron chi connectivity index (χ3n) is 3.49. The van der Waals surface area contributed by atoms with Gasteiger partial charge in [0, 0.05) is 12.1 Å². The van der Waals surface area contributed by atoms with Crippen molar-refractivity contribution in [2.75, 3.05) is 10.6 Å². The molecular weight excluding hydrogens is 270 g/mol. The van der Waals surface area contributed by atoms with Crippen molar-refractivity contribution in [1.82, 2.24) is 4.98 Å². The van der Waals surface area contributed by atoms with Crippen molar-refractivity contribution < 1.29 is 14.7 Å². The Morgan fingerprint density at radius 2 is 2.00 bits per heavy atom. The summed E-state index contributed by atoms with van der Waals surface area (Å²) in [6, 6.07) is 9.33. The molecule has 6 nitrogen and oxygen atoms in total. The van der Waals surface area contributed by atoms with Gasteiger partial charge in [-0.3, -0.25) is 9.69 Å². The maximum atomic E-state index is 12.6. The zero-order chi connectivity index (χ0) is 15.0. The topological polar surface area (TPSA) is 96.5 Å². The summed E-state index contributed by atoms with van der Waals surface area (Å²) >= 11 is 0. The molecule has 0 saturated carbocycles. The Balaban J connectivity index is 2.03. The van der Waals surface area contributed by atoms with Gasteiger partial charge in [-0.05, 0) is 23.8 Å². The number of amides is 1. The molecule has 0 spiro atoms. The van der Waals surface area contributed by atoms with E-state index < -0.39 is 17.9 Å². The highest BCUT2D eigenvalue weighted by molar-refractivity contribution is 6.09. The van der Waals surface area contributed by atoms with E-state index in [-0.39, 0.29) is 5.69 Å². The number of hydrogen-bond donors (Lipinski definition) is 2. The number of para-hydroxylation sites is 1. The molecule has 0 bridgehead atoms. The number of nitrogen functional groups attached to an aromatic ring is 1. The fourth-order valence-corrected chi connectivity index (χ4v) is 2.49. The van der Waals surface area contributed by atoms with Crippen molar-refractivity contribution in [1.29, 1.82) is 0 Å². The molecule has 0 fully saturated rings. The van der Waals surface area contributed by atoms with Crippen LogP contribution in [0.15, 0.2) is 42.6 Å². The van der Waals surface area contributed by atoms with Crippen LogP contribution >= 0.6 is 0 Å². The third kappa shape index (κ3) is 2.20. The smallest absolute Gasteiger partial charge is 0.327 e. The van der Waals surface area contributed by atoms with E-state index in [9.17, 15) is 14.7 Å². The maximum absolute atomic E-state index is 12.6. The summed E-state index contributed by atoms with van der Waals surface area (Å²) in [6.07, 6.45) is 1.68. The van der Waals surface area contributed by atoms with Crippen LogP contribution in [0.1, 0.15) is 16.1 Å². The van der Waals surface area contributed by atoms with E-state index in [1.54, 1.807) is 18.2 Å². The second-order valence-corrected chi connectivity index (χ2v) is 4.84. The first-order valence-corrected chi connectivity index (χ1v) is 6.43. The van der Waals surface area contributed by atoms with Crippen molar-refractivity contribution >= 4 is 23.3 Å². The highest BCUT2D eigenvalue weighted by atomic mass is 16.4. The first kappa shape index (κ1) is 13.1. The fourth-order valence-electron chi connectivity index (χ4n) is 2.49. The molecule has 1 amide bonds. The maximum Gasteiger partial charge on any atom is 0.327 e. The number of rotatable bonds is 2. The largest absolute Gasteiger partial charge is 0.480 e. The molecule has 0 saturated heterocycles. The zero-order valence-electron chi connectivity index (χ0n) is 11.1. The van der Waals surface area contributed by atoms with E-state index in [4.69, 9.17) is 5.73 Å². The van der Waals surface area contributed by atoms with Gasteiger partial charge in [-0.1, -0.05) is 18.2 Å². The Bertz CT molecular complexity index is 712. The lowest BCUT2D eigenvalue weighted by Gasteiger charge is -2.22. The van der Waals surface area contributed by atoms with E-state index >= 15 is 0 Å². The monoisotopic (exact) mass is 283 g/mol. The quantitative estimate of drug-likeness (QED) is 0.866. The first-order chi connectivity index (χ1) is 10.1. The van der Waals surface area contributed by atoms with Gasteiger partial charge in [0.1, 0.15) is 11.7 Å². The second kappa shape index (κ2) is 4.90. The van der Waals surface area contributed by atoms with Crippen molar-refractivity contribution in [3.8, 4) is 0 Å². The van der Waals surface area contributed by atoms with Gasteiger partial charge in [-0.15, -0.1) is 0 Å². The lowest BCUT2D eigenvalue weighted by atomic mass is 10.1. The van der Waals surface area contributed by atoms with E-state index in [2.05, 4.69) is 4.98 Å². The van der Waals surface area contributed by atoms with Gasteiger partial charge in [0.15, 0.2) is 0 Å². The molecule has 0 unspecified atom stereocenters. The molecule has 1 aromatic heterocycles. The third-order valence-corrected chi connectivity index (χ3v) is 3.49. The molecule has 21 heavy (non-hydrogen) atoms. The Labute approximate surface area is 120 Å². The molecule has 6 heteroatoms. The van der Waals surface area contributed by atoms with E-state index in [1.165, 1.54) is 17.2 Å². The number of benzene rings is 1. The second-order valence-electron chi connectivity index (χ2n) is 4.84. The predicted molar refractivity (Wildman–Crippen MR) is 77.0 cm³/mol. The molecule has 0 aliphatic carbocycles. The number of carbonyl (C=O) groups is 2. The summed E-state index contributed by atoms with van der Waals surface area (Å²) in [7, 11) is 0. The summed E-state index contributed by atoms with van der Waals surface area (Å²) in [5.41, 5.74) is 7.63. The molecular formula is C15H13N3O3. The Morgan fingerprint density at radius 1 is 1.24 bits per heavy atom. The van der Waals surface area contributed by atoms with Gasteiger partial charge in [-0.25, -0.2) is 9.78 Å². The van der Waals surface area contributed by atoms with Crippen LogP contribution in [0.4, 0.5) is 11.4 Å². The molecule has 106 valence electrons. The van der Waals surface area contributed by atoms with Gasteiger partial charge in [0.05, 0.1) is 11.9 Å². The number of fused-ring (bicyclic) bond motifs is 1. The Morgan fingerprint density at radius 3 is 2.67 bits per heavy atom. The van der Waals surface area contributed by atoms with Crippen LogP contribution < -0.4 is 10.6 Å². The number of nitrogens with zero attached hydrogens (tertiary/aromatic N) is 2. The molecule has 3 rings (SSSR count). The molecule has 1 aliphatic rings. The molecule has 2 heterocycles. The van der Waals surface area contributed by atoms with Crippen molar-refractivity contribution in [3.05, 3.63) is 53.9 Å². The molecule has 2 aromatic rings. The predicted octanol–water partition coefficient (Wildman–Crippen LogP) is 1.32. The van der Waals surface area contributed by atoms with Gasteiger partial charge in [-0.2, -0.15) is 0 Å². The zero-order valence-corrected chi connectivity index (χ0v) is 11.1.